The fraction of sp³-hybridized carbons (Fsp3) is 0.235. The van der Waals surface area contributed by atoms with Gasteiger partial charge in [0.05, 0.1) is 4.90 Å². The van der Waals surface area contributed by atoms with Crippen molar-refractivity contribution in [3.8, 4) is 0 Å². The number of sulfonamides is 1. The molecule has 7 heteroatoms. The molecule has 0 fully saturated rings. The van der Waals surface area contributed by atoms with Crippen LogP contribution in [-0.2, 0) is 23.0 Å². The zero-order valence-corrected chi connectivity index (χ0v) is 14.7. The van der Waals surface area contributed by atoms with Crippen molar-refractivity contribution in [1.82, 2.24) is 9.62 Å². The molecule has 1 heterocycles. The van der Waals surface area contributed by atoms with Gasteiger partial charge in [-0.25, -0.2) is 13.1 Å². The third-order valence-electron chi connectivity index (χ3n) is 4.15. The molecule has 0 atom stereocenters. The number of nitrogens with one attached hydrogen (secondary N) is 1. The molecule has 1 aliphatic rings. The highest BCUT2D eigenvalue weighted by molar-refractivity contribution is 7.89. The van der Waals surface area contributed by atoms with E-state index >= 15 is 0 Å². The molecule has 0 aromatic heterocycles. The summed E-state index contributed by atoms with van der Waals surface area (Å²) in [5, 5.41) is 0.581. The van der Waals surface area contributed by atoms with E-state index in [0.717, 1.165) is 11.1 Å². The number of carbonyl (C=O) groups excluding carboxylic acids is 1. The lowest BCUT2D eigenvalue weighted by atomic mass is 9.99. The maximum atomic E-state index is 12.6. The van der Waals surface area contributed by atoms with Gasteiger partial charge >= 0.3 is 0 Å². The molecular weight excluding hydrogens is 348 g/mol. The predicted octanol–water partition coefficient (Wildman–Crippen LogP) is 2.45. The van der Waals surface area contributed by atoms with Crippen molar-refractivity contribution in [3.63, 3.8) is 0 Å². The van der Waals surface area contributed by atoms with E-state index in [0.29, 0.717) is 30.1 Å². The lowest BCUT2D eigenvalue weighted by Crippen LogP contribution is -2.36. The Morgan fingerprint density at radius 1 is 1.12 bits per heavy atom. The van der Waals surface area contributed by atoms with Crippen LogP contribution < -0.4 is 4.72 Å². The number of nitrogens with zero attached hydrogens (tertiary/aromatic N) is 1. The van der Waals surface area contributed by atoms with Crippen LogP contribution in [0.4, 0.5) is 0 Å². The fourth-order valence-corrected chi connectivity index (χ4v) is 3.67. The second-order valence-electron chi connectivity index (χ2n) is 5.62. The summed E-state index contributed by atoms with van der Waals surface area (Å²) in [6.07, 6.45) is 0.703. The summed E-state index contributed by atoms with van der Waals surface area (Å²) in [5.41, 5.74) is 2.51. The van der Waals surface area contributed by atoms with Crippen LogP contribution in [0.25, 0.3) is 0 Å². The van der Waals surface area contributed by atoms with Crippen molar-refractivity contribution in [2.45, 2.75) is 17.9 Å². The molecule has 0 radical (unpaired) electrons. The number of carbonyl (C=O) groups is 1. The molecule has 1 aliphatic heterocycles. The summed E-state index contributed by atoms with van der Waals surface area (Å²) >= 11 is 5.86. The number of benzene rings is 2. The Morgan fingerprint density at radius 2 is 1.83 bits per heavy atom. The maximum absolute atomic E-state index is 12.6. The summed E-state index contributed by atoms with van der Waals surface area (Å²) in [4.78, 5) is 14.5. The van der Waals surface area contributed by atoms with E-state index in [1.807, 2.05) is 6.07 Å². The normalized spacial score (nSPS) is 14.3. The van der Waals surface area contributed by atoms with Crippen LogP contribution in [0.1, 0.15) is 21.5 Å². The molecule has 0 saturated heterocycles. The van der Waals surface area contributed by atoms with Gasteiger partial charge in [0, 0.05) is 23.7 Å². The van der Waals surface area contributed by atoms with Crippen LogP contribution in [0.2, 0.25) is 5.02 Å². The monoisotopic (exact) mass is 364 g/mol. The summed E-state index contributed by atoms with van der Waals surface area (Å²) in [7, 11) is -2.11. The first-order valence-corrected chi connectivity index (χ1v) is 9.37. The second kappa shape index (κ2) is 6.55. The Hall–Kier alpha value is -1.89. The number of hydrogen-bond donors (Lipinski definition) is 1. The summed E-state index contributed by atoms with van der Waals surface area (Å²) < 4.78 is 26.2. The van der Waals surface area contributed by atoms with Crippen molar-refractivity contribution < 1.29 is 13.2 Å². The second-order valence-corrected chi connectivity index (χ2v) is 7.94. The van der Waals surface area contributed by atoms with Crippen molar-refractivity contribution in [2.24, 2.45) is 0 Å². The van der Waals surface area contributed by atoms with Crippen LogP contribution in [0.5, 0.6) is 0 Å². The Kier molecular flexibility index (Phi) is 4.62. The van der Waals surface area contributed by atoms with E-state index < -0.39 is 10.0 Å². The van der Waals surface area contributed by atoms with Crippen molar-refractivity contribution in [1.29, 1.82) is 0 Å². The largest absolute Gasteiger partial charge is 0.334 e. The van der Waals surface area contributed by atoms with Gasteiger partial charge in [0.1, 0.15) is 0 Å². The lowest BCUT2D eigenvalue weighted by molar-refractivity contribution is 0.0734. The van der Waals surface area contributed by atoms with Crippen LogP contribution in [-0.4, -0.2) is 32.8 Å². The first kappa shape index (κ1) is 17.0. The fourth-order valence-electron chi connectivity index (χ4n) is 2.77. The van der Waals surface area contributed by atoms with Gasteiger partial charge in [-0.3, -0.25) is 4.79 Å². The summed E-state index contributed by atoms with van der Waals surface area (Å²) in [5.74, 6) is -0.0841. The van der Waals surface area contributed by atoms with Crippen LogP contribution in [0.15, 0.2) is 47.4 Å². The molecule has 5 nitrogen and oxygen atoms in total. The predicted molar refractivity (Wildman–Crippen MR) is 92.6 cm³/mol. The molecule has 2 aromatic carbocycles. The standard InChI is InChI=1S/C17H17ClN2O3S/c1-19-24(22,23)16-7-4-12-8-9-20(11-14(12)10-16)17(21)13-2-5-15(18)6-3-13/h2-7,10,19H,8-9,11H2,1H3. The van der Waals surface area contributed by atoms with Crippen LogP contribution >= 0.6 is 11.6 Å². The molecule has 0 aliphatic carbocycles. The van der Waals surface area contributed by atoms with E-state index in [-0.39, 0.29) is 10.8 Å². The molecule has 1 N–H and O–H groups in total. The molecule has 2 aromatic rings. The van der Waals surface area contributed by atoms with Crippen molar-refractivity contribution >= 4 is 27.5 Å². The van der Waals surface area contributed by atoms with Crippen LogP contribution in [0.3, 0.4) is 0 Å². The first-order chi connectivity index (χ1) is 11.4. The Bertz CT molecular complexity index is 879. The molecule has 1 amide bonds. The zero-order chi connectivity index (χ0) is 17.3. The topological polar surface area (TPSA) is 66.5 Å². The van der Waals surface area contributed by atoms with E-state index in [4.69, 9.17) is 11.6 Å². The maximum Gasteiger partial charge on any atom is 0.254 e. The minimum absolute atomic E-state index is 0.0841. The van der Waals surface area contributed by atoms with Gasteiger partial charge in [0.25, 0.3) is 5.91 Å². The SMILES string of the molecule is CNS(=O)(=O)c1ccc2c(c1)CN(C(=O)c1ccc(Cl)cc1)CC2. The number of amides is 1. The number of hydrogen-bond acceptors (Lipinski definition) is 3. The highest BCUT2D eigenvalue weighted by Crippen LogP contribution is 2.24. The average molecular weight is 365 g/mol. The van der Waals surface area contributed by atoms with E-state index in [9.17, 15) is 13.2 Å². The van der Waals surface area contributed by atoms with Gasteiger partial charge in [0.2, 0.25) is 10.0 Å². The molecule has 3 rings (SSSR count). The van der Waals surface area contributed by atoms with Gasteiger partial charge < -0.3 is 4.90 Å². The quantitative estimate of drug-likeness (QED) is 0.909. The summed E-state index contributed by atoms with van der Waals surface area (Å²) in [6, 6.07) is 11.8. The van der Waals surface area contributed by atoms with E-state index in [1.165, 1.54) is 7.05 Å². The van der Waals surface area contributed by atoms with E-state index in [2.05, 4.69) is 4.72 Å². The third-order valence-corrected chi connectivity index (χ3v) is 5.81. The van der Waals surface area contributed by atoms with Gasteiger partial charge in [-0.1, -0.05) is 17.7 Å². The Balaban J connectivity index is 1.86. The molecule has 0 spiro atoms. The van der Waals surface area contributed by atoms with E-state index in [1.54, 1.807) is 41.3 Å². The van der Waals surface area contributed by atoms with Gasteiger partial charge in [-0.05, 0) is 61.0 Å². The molecule has 24 heavy (non-hydrogen) atoms. The lowest BCUT2D eigenvalue weighted by Gasteiger charge is -2.29. The molecule has 0 unspecified atom stereocenters. The first-order valence-electron chi connectivity index (χ1n) is 7.51. The number of fused-ring (bicyclic) bond motifs is 1. The molecule has 0 bridgehead atoms. The van der Waals surface area contributed by atoms with Crippen LogP contribution in [0, 0.1) is 0 Å². The highest BCUT2D eigenvalue weighted by Gasteiger charge is 2.23. The third kappa shape index (κ3) is 3.31. The summed E-state index contributed by atoms with van der Waals surface area (Å²) in [6.45, 7) is 0.996. The smallest absolute Gasteiger partial charge is 0.254 e. The Morgan fingerprint density at radius 3 is 2.50 bits per heavy atom. The Labute approximate surface area is 146 Å². The number of halogens is 1. The van der Waals surface area contributed by atoms with Gasteiger partial charge in [-0.15, -0.1) is 0 Å². The molecule has 0 saturated carbocycles. The van der Waals surface area contributed by atoms with Gasteiger partial charge in [0.15, 0.2) is 0 Å². The van der Waals surface area contributed by atoms with Crippen molar-refractivity contribution in [2.75, 3.05) is 13.6 Å². The average Bonchev–Trinajstić information content (AvgIpc) is 2.60. The highest BCUT2D eigenvalue weighted by atomic mass is 35.5. The number of rotatable bonds is 3. The minimum atomic E-state index is -3.49. The minimum Gasteiger partial charge on any atom is -0.334 e. The van der Waals surface area contributed by atoms with Gasteiger partial charge in [-0.2, -0.15) is 0 Å². The molecular formula is C17H17ClN2O3S. The zero-order valence-electron chi connectivity index (χ0n) is 13.1. The molecule has 126 valence electrons. The van der Waals surface area contributed by atoms with Crippen molar-refractivity contribution in [3.05, 3.63) is 64.2 Å².